The third-order valence-electron chi connectivity index (χ3n) is 9.23. The summed E-state index contributed by atoms with van der Waals surface area (Å²) in [6.07, 6.45) is 0. The van der Waals surface area contributed by atoms with E-state index in [0.29, 0.717) is 0 Å². The molecule has 0 spiro atoms. The first-order valence-electron chi connectivity index (χ1n) is 13.4. The van der Waals surface area contributed by atoms with Crippen LogP contribution in [0.25, 0.3) is 49.7 Å². The molecule has 1 heterocycles. The van der Waals surface area contributed by atoms with Gasteiger partial charge in [0, 0.05) is 31.8 Å². The summed E-state index contributed by atoms with van der Waals surface area (Å²) in [5, 5.41) is 2.64. The number of benzene rings is 5. The molecule has 1 aromatic heterocycles. The molecule has 0 bridgehead atoms. The van der Waals surface area contributed by atoms with E-state index in [2.05, 4.69) is 145 Å². The molecule has 8 rings (SSSR count). The number of hydrogen-bond donors (Lipinski definition) is 0. The number of para-hydroxylation sites is 1. The summed E-state index contributed by atoms with van der Waals surface area (Å²) < 4.78 is 3.67. The molecule has 0 amide bonds. The van der Waals surface area contributed by atoms with Crippen molar-refractivity contribution in [3.8, 4) is 27.9 Å². The Morgan fingerprint density at radius 2 is 1.21 bits per heavy atom. The minimum atomic E-state index is -0.0872. The van der Waals surface area contributed by atoms with Crippen molar-refractivity contribution in [1.29, 1.82) is 0 Å². The molecular formula is C36H28BrN. The van der Waals surface area contributed by atoms with E-state index in [-0.39, 0.29) is 10.8 Å². The third kappa shape index (κ3) is 2.67. The topological polar surface area (TPSA) is 4.93 Å². The highest BCUT2D eigenvalue weighted by molar-refractivity contribution is 9.10. The smallest absolute Gasteiger partial charge is 0.0588 e. The molecule has 0 unspecified atom stereocenters. The quantitative estimate of drug-likeness (QED) is 0.191. The van der Waals surface area contributed by atoms with Crippen molar-refractivity contribution in [1.82, 2.24) is 4.57 Å². The lowest BCUT2D eigenvalue weighted by molar-refractivity contribution is 0.658. The van der Waals surface area contributed by atoms with Gasteiger partial charge in [0.1, 0.15) is 0 Å². The zero-order valence-electron chi connectivity index (χ0n) is 22.1. The zero-order valence-corrected chi connectivity index (χ0v) is 23.6. The van der Waals surface area contributed by atoms with Crippen LogP contribution in [0.4, 0.5) is 0 Å². The highest BCUT2D eigenvalue weighted by Crippen LogP contribution is 2.54. The third-order valence-corrected chi connectivity index (χ3v) is 9.73. The van der Waals surface area contributed by atoms with Crippen molar-refractivity contribution < 1.29 is 0 Å². The maximum atomic E-state index is 3.71. The molecule has 2 heteroatoms. The van der Waals surface area contributed by atoms with Crippen molar-refractivity contribution >= 4 is 37.7 Å². The zero-order chi connectivity index (χ0) is 26.0. The average molecular weight is 555 g/mol. The van der Waals surface area contributed by atoms with Gasteiger partial charge >= 0.3 is 0 Å². The summed E-state index contributed by atoms with van der Waals surface area (Å²) in [5.41, 5.74) is 14.7. The summed E-state index contributed by atoms with van der Waals surface area (Å²) in [7, 11) is 0. The Bertz CT molecular complexity index is 1990. The predicted octanol–water partition coefficient (Wildman–Crippen LogP) is 10.2. The van der Waals surface area contributed by atoms with Gasteiger partial charge in [0.25, 0.3) is 0 Å². The van der Waals surface area contributed by atoms with Gasteiger partial charge in [-0.15, -0.1) is 0 Å². The SMILES string of the molecule is CC1(C)c2cc(Br)ccc2-c2ccc(-n3c4ccccc4c4ccc5c(c43)C(C)(C)c3ccccc3-5)cc21. The second-order valence-electron chi connectivity index (χ2n) is 12.0. The number of fused-ring (bicyclic) bond motifs is 10. The molecule has 0 aliphatic heterocycles. The molecule has 0 radical (unpaired) electrons. The van der Waals surface area contributed by atoms with Gasteiger partial charge in [0.15, 0.2) is 0 Å². The average Bonchev–Trinajstić information content (AvgIpc) is 3.46. The minimum absolute atomic E-state index is 0.0688. The van der Waals surface area contributed by atoms with Crippen LogP contribution in [-0.2, 0) is 10.8 Å². The Balaban J connectivity index is 1.48. The highest BCUT2D eigenvalue weighted by Gasteiger charge is 2.39. The molecule has 0 saturated carbocycles. The number of halogens is 1. The van der Waals surface area contributed by atoms with Crippen LogP contribution in [-0.4, -0.2) is 4.57 Å². The fourth-order valence-electron chi connectivity index (χ4n) is 7.42. The van der Waals surface area contributed by atoms with E-state index in [1.807, 2.05) is 0 Å². The Morgan fingerprint density at radius 3 is 2.05 bits per heavy atom. The summed E-state index contributed by atoms with van der Waals surface area (Å²) in [4.78, 5) is 0. The molecule has 0 atom stereocenters. The van der Waals surface area contributed by atoms with Crippen LogP contribution in [0.15, 0.2) is 102 Å². The molecule has 0 fully saturated rings. The van der Waals surface area contributed by atoms with Crippen molar-refractivity contribution in [3.63, 3.8) is 0 Å². The lowest BCUT2D eigenvalue weighted by Crippen LogP contribution is -2.17. The summed E-state index contributed by atoms with van der Waals surface area (Å²) in [6, 6.07) is 36.4. The molecule has 5 aromatic carbocycles. The van der Waals surface area contributed by atoms with E-state index in [1.165, 1.54) is 72.0 Å². The van der Waals surface area contributed by atoms with Crippen molar-refractivity contribution in [2.45, 2.75) is 38.5 Å². The Hall–Kier alpha value is -3.62. The summed E-state index contributed by atoms with van der Waals surface area (Å²) in [6.45, 7) is 9.49. The first-order valence-corrected chi connectivity index (χ1v) is 14.2. The van der Waals surface area contributed by atoms with E-state index in [0.717, 1.165) is 4.47 Å². The highest BCUT2D eigenvalue weighted by atomic mass is 79.9. The second kappa shape index (κ2) is 7.27. The minimum Gasteiger partial charge on any atom is -0.309 e. The molecule has 0 N–H and O–H groups in total. The number of nitrogens with zero attached hydrogens (tertiary/aromatic N) is 1. The van der Waals surface area contributed by atoms with E-state index >= 15 is 0 Å². The van der Waals surface area contributed by atoms with Gasteiger partial charge in [-0.25, -0.2) is 0 Å². The van der Waals surface area contributed by atoms with Crippen LogP contribution in [0.1, 0.15) is 49.9 Å². The first kappa shape index (κ1) is 22.4. The van der Waals surface area contributed by atoms with Gasteiger partial charge in [0.05, 0.1) is 11.0 Å². The Kier molecular flexibility index (Phi) is 4.28. The van der Waals surface area contributed by atoms with Crippen molar-refractivity contribution in [2.75, 3.05) is 0 Å². The molecule has 1 nitrogen and oxygen atoms in total. The van der Waals surface area contributed by atoms with Crippen LogP contribution in [0.5, 0.6) is 0 Å². The molecule has 6 aromatic rings. The number of hydrogen-bond acceptors (Lipinski definition) is 0. The van der Waals surface area contributed by atoms with E-state index in [1.54, 1.807) is 0 Å². The fourth-order valence-corrected chi connectivity index (χ4v) is 7.78. The van der Waals surface area contributed by atoms with Crippen molar-refractivity contribution in [2.24, 2.45) is 0 Å². The van der Waals surface area contributed by atoms with Gasteiger partial charge in [0.2, 0.25) is 0 Å². The maximum absolute atomic E-state index is 3.71. The standard InChI is InChI=1S/C36H28BrN/c1-35(2)30-19-21(37)13-15-24(30)25-16-14-22(20-31(25)35)38-32-12-8-6-10-26(32)28-18-17-27-23-9-5-7-11-29(23)36(3,4)33(27)34(28)38/h5-20H,1-4H3. The van der Waals surface area contributed by atoms with Gasteiger partial charge < -0.3 is 4.57 Å². The molecule has 2 aliphatic rings. The van der Waals surface area contributed by atoms with Crippen LogP contribution < -0.4 is 0 Å². The first-order chi connectivity index (χ1) is 18.3. The van der Waals surface area contributed by atoms with Crippen molar-refractivity contribution in [3.05, 3.63) is 124 Å². The lowest BCUT2D eigenvalue weighted by atomic mass is 9.81. The lowest BCUT2D eigenvalue weighted by Gasteiger charge is -2.25. The monoisotopic (exact) mass is 553 g/mol. The largest absolute Gasteiger partial charge is 0.309 e. The summed E-state index contributed by atoms with van der Waals surface area (Å²) >= 11 is 3.71. The van der Waals surface area contributed by atoms with Gasteiger partial charge in [-0.05, 0) is 74.8 Å². The fraction of sp³-hybridized carbons (Fsp3) is 0.167. The normalized spacial score (nSPS) is 15.9. The molecule has 38 heavy (non-hydrogen) atoms. The van der Waals surface area contributed by atoms with Gasteiger partial charge in [-0.2, -0.15) is 0 Å². The van der Waals surface area contributed by atoms with Crippen LogP contribution in [0.2, 0.25) is 0 Å². The van der Waals surface area contributed by atoms with Crippen LogP contribution >= 0.6 is 15.9 Å². The van der Waals surface area contributed by atoms with E-state index in [4.69, 9.17) is 0 Å². The molecule has 184 valence electrons. The van der Waals surface area contributed by atoms with Gasteiger partial charge in [-0.1, -0.05) is 110 Å². The molecule has 2 aliphatic carbocycles. The molecule has 0 saturated heterocycles. The number of aromatic nitrogens is 1. The summed E-state index contributed by atoms with van der Waals surface area (Å²) in [5.74, 6) is 0. The van der Waals surface area contributed by atoms with Crippen LogP contribution in [0.3, 0.4) is 0 Å². The van der Waals surface area contributed by atoms with E-state index in [9.17, 15) is 0 Å². The Labute approximate surface area is 231 Å². The van der Waals surface area contributed by atoms with Gasteiger partial charge in [-0.3, -0.25) is 0 Å². The molecular weight excluding hydrogens is 526 g/mol. The van der Waals surface area contributed by atoms with E-state index < -0.39 is 0 Å². The second-order valence-corrected chi connectivity index (χ2v) is 12.9. The predicted molar refractivity (Wildman–Crippen MR) is 164 cm³/mol. The Morgan fingerprint density at radius 1 is 0.553 bits per heavy atom. The number of rotatable bonds is 1. The van der Waals surface area contributed by atoms with Crippen LogP contribution in [0, 0.1) is 0 Å². The maximum Gasteiger partial charge on any atom is 0.0588 e.